The quantitative estimate of drug-likeness (QED) is 0.594. The molecule has 0 aliphatic carbocycles. The van der Waals surface area contributed by atoms with Crippen molar-refractivity contribution in [3.63, 3.8) is 0 Å². The Labute approximate surface area is 197 Å². The van der Waals surface area contributed by atoms with Crippen LogP contribution in [-0.2, 0) is 17.9 Å². The third-order valence-corrected chi connectivity index (χ3v) is 6.36. The molecule has 1 aliphatic rings. The summed E-state index contributed by atoms with van der Waals surface area (Å²) < 4.78 is 0. The fourth-order valence-electron chi connectivity index (χ4n) is 4.51. The second-order valence-electron chi connectivity index (χ2n) is 9.13. The van der Waals surface area contributed by atoms with E-state index in [1.165, 1.54) is 5.56 Å². The molecule has 1 aliphatic heterocycles. The van der Waals surface area contributed by atoms with Crippen molar-refractivity contribution in [3.05, 3.63) is 58.0 Å². The fourth-order valence-corrected chi connectivity index (χ4v) is 4.51. The molecule has 1 aromatic heterocycles. The zero-order chi connectivity index (χ0) is 23.6. The van der Waals surface area contributed by atoms with Gasteiger partial charge in [-0.25, -0.2) is 4.98 Å². The van der Waals surface area contributed by atoms with Crippen LogP contribution in [0.1, 0.15) is 57.2 Å². The summed E-state index contributed by atoms with van der Waals surface area (Å²) in [7, 11) is 2.04. The molecule has 1 aromatic carbocycles. The zero-order valence-corrected chi connectivity index (χ0v) is 20.4. The van der Waals surface area contributed by atoms with Crippen LogP contribution < -0.4 is 10.5 Å². The molecule has 3 rings (SSSR count). The lowest BCUT2D eigenvalue weighted by Gasteiger charge is -2.26. The van der Waals surface area contributed by atoms with Gasteiger partial charge in [0.2, 0.25) is 11.9 Å². The maximum atomic E-state index is 13.0. The Morgan fingerprint density at radius 2 is 1.91 bits per heavy atom. The summed E-state index contributed by atoms with van der Waals surface area (Å²) in [6, 6.07) is 11.9. The van der Waals surface area contributed by atoms with Gasteiger partial charge in [-0.05, 0) is 31.9 Å². The molecule has 7 nitrogen and oxygen atoms in total. The van der Waals surface area contributed by atoms with Crippen molar-refractivity contribution < 1.29 is 4.79 Å². The SMILES string of the molecule is CCCCC(CC)C(=O)N1CCCN(c2nc(CN(C)Cc3ccccc3)cc(=O)[nH]2)CC1. The van der Waals surface area contributed by atoms with Crippen molar-refractivity contribution in [3.8, 4) is 0 Å². The normalized spacial score (nSPS) is 15.5. The lowest BCUT2D eigenvalue weighted by molar-refractivity contribution is -0.135. The Balaban J connectivity index is 1.63. The van der Waals surface area contributed by atoms with E-state index in [1.54, 1.807) is 6.07 Å². The molecule has 1 N–H and O–H groups in total. The number of hydrogen-bond acceptors (Lipinski definition) is 5. The number of nitrogens with zero attached hydrogens (tertiary/aromatic N) is 4. The van der Waals surface area contributed by atoms with E-state index in [2.05, 4.69) is 40.8 Å². The van der Waals surface area contributed by atoms with Crippen molar-refractivity contribution in [1.29, 1.82) is 0 Å². The Morgan fingerprint density at radius 1 is 1.12 bits per heavy atom. The highest BCUT2D eigenvalue weighted by Crippen LogP contribution is 2.18. The summed E-state index contributed by atoms with van der Waals surface area (Å²) in [4.78, 5) is 39.4. The predicted octanol–water partition coefficient (Wildman–Crippen LogP) is 3.66. The van der Waals surface area contributed by atoms with Gasteiger partial charge in [-0.15, -0.1) is 0 Å². The average Bonchev–Trinajstić information content (AvgIpc) is 3.06. The van der Waals surface area contributed by atoms with Gasteiger partial charge in [0.1, 0.15) is 0 Å². The van der Waals surface area contributed by atoms with Crippen LogP contribution in [0.2, 0.25) is 0 Å². The monoisotopic (exact) mass is 453 g/mol. The average molecular weight is 454 g/mol. The number of aromatic nitrogens is 2. The van der Waals surface area contributed by atoms with Gasteiger partial charge < -0.3 is 9.80 Å². The smallest absolute Gasteiger partial charge is 0.252 e. The van der Waals surface area contributed by atoms with Crippen LogP contribution in [0, 0.1) is 5.92 Å². The van der Waals surface area contributed by atoms with Crippen LogP contribution >= 0.6 is 0 Å². The molecule has 1 unspecified atom stereocenters. The Bertz CT molecular complexity index is 930. The van der Waals surface area contributed by atoms with Crippen molar-refractivity contribution in [2.75, 3.05) is 38.1 Å². The maximum absolute atomic E-state index is 13.0. The highest BCUT2D eigenvalue weighted by molar-refractivity contribution is 5.78. The maximum Gasteiger partial charge on any atom is 0.252 e. The number of carbonyl (C=O) groups is 1. The molecule has 1 fully saturated rings. The van der Waals surface area contributed by atoms with Crippen molar-refractivity contribution in [1.82, 2.24) is 19.8 Å². The Morgan fingerprint density at radius 3 is 2.64 bits per heavy atom. The third kappa shape index (κ3) is 7.42. The first-order valence-corrected chi connectivity index (χ1v) is 12.4. The van der Waals surface area contributed by atoms with Crippen molar-refractivity contribution in [2.45, 2.75) is 59.0 Å². The van der Waals surface area contributed by atoms with Crippen LogP contribution in [0.25, 0.3) is 0 Å². The van der Waals surface area contributed by atoms with Gasteiger partial charge >= 0.3 is 0 Å². The Kier molecular flexibility index (Phi) is 9.48. The number of anilines is 1. The van der Waals surface area contributed by atoms with Gasteiger partial charge in [0, 0.05) is 51.3 Å². The van der Waals surface area contributed by atoms with Gasteiger partial charge in [-0.3, -0.25) is 19.5 Å². The molecule has 1 saturated heterocycles. The number of benzene rings is 1. The summed E-state index contributed by atoms with van der Waals surface area (Å²) in [6.45, 7) is 8.57. The summed E-state index contributed by atoms with van der Waals surface area (Å²) in [5.41, 5.74) is 1.85. The number of nitrogens with one attached hydrogen (secondary N) is 1. The van der Waals surface area contributed by atoms with Crippen LogP contribution in [0.5, 0.6) is 0 Å². The molecular formula is C26H39N5O2. The fraction of sp³-hybridized carbons (Fsp3) is 0.577. The molecule has 0 saturated carbocycles. The minimum Gasteiger partial charge on any atom is -0.341 e. The number of amides is 1. The van der Waals surface area contributed by atoms with Gasteiger partial charge in [0.05, 0.1) is 5.69 Å². The zero-order valence-electron chi connectivity index (χ0n) is 20.4. The molecule has 0 bridgehead atoms. The number of carbonyl (C=O) groups excluding carboxylic acids is 1. The molecule has 1 atom stereocenters. The molecular weight excluding hydrogens is 414 g/mol. The van der Waals surface area contributed by atoms with E-state index in [4.69, 9.17) is 4.98 Å². The van der Waals surface area contributed by atoms with E-state index < -0.39 is 0 Å². The van der Waals surface area contributed by atoms with Crippen LogP contribution in [0.4, 0.5) is 5.95 Å². The molecule has 2 aromatic rings. The lowest BCUT2D eigenvalue weighted by atomic mass is 9.97. The van der Waals surface area contributed by atoms with Crippen molar-refractivity contribution >= 4 is 11.9 Å². The number of H-pyrrole nitrogens is 1. The van der Waals surface area contributed by atoms with Crippen LogP contribution in [0.3, 0.4) is 0 Å². The molecule has 1 amide bonds. The minimum absolute atomic E-state index is 0.123. The molecule has 0 radical (unpaired) electrons. The van der Waals surface area contributed by atoms with E-state index in [0.29, 0.717) is 25.6 Å². The van der Waals surface area contributed by atoms with E-state index in [1.807, 2.05) is 30.1 Å². The van der Waals surface area contributed by atoms with Crippen LogP contribution in [-0.4, -0.2) is 58.9 Å². The van der Waals surface area contributed by atoms with E-state index in [-0.39, 0.29) is 17.4 Å². The number of hydrogen-bond donors (Lipinski definition) is 1. The van der Waals surface area contributed by atoms with Gasteiger partial charge in [-0.2, -0.15) is 0 Å². The first kappa shape index (κ1) is 25.0. The highest BCUT2D eigenvalue weighted by Gasteiger charge is 2.25. The highest BCUT2D eigenvalue weighted by atomic mass is 16.2. The van der Waals surface area contributed by atoms with E-state index in [0.717, 1.165) is 57.4 Å². The summed E-state index contributed by atoms with van der Waals surface area (Å²) in [5.74, 6) is 1.02. The van der Waals surface area contributed by atoms with E-state index >= 15 is 0 Å². The van der Waals surface area contributed by atoms with Crippen LogP contribution in [0.15, 0.2) is 41.2 Å². The number of aromatic amines is 1. The first-order valence-electron chi connectivity index (χ1n) is 12.4. The summed E-state index contributed by atoms with van der Waals surface area (Å²) in [5, 5.41) is 0. The third-order valence-electron chi connectivity index (χ3n) is 6.36. The first-order chi connectivity index (χ1) is 16.0. The standard InChI is InChI=1S/C26H39N5O2/c1-4-6-13-22(5-2)25(33)30-14-10-15-31(17-16-30)26-27-23(18-24(32)28-26)20-29(3)19-21-11-8-7-9-12-21/h7-9,11-12,18,22H,4-6,10,13-17,19-20H2,1-3H3,(H,27,28,32). The predicted molar refractivity (Wildman–Crippen MR) is 133 cm³/mol. The second kappa shape index (κ2) is 12.5. The molecule has 2 heterocycles. The summed E-state index contributed by atoms with van der Waals surface area (Å²) >= 11 is 0. The molecule has 7 heteroatoms. The number of unbranched alkanes of at least 4 members (excludes halogenated alkanes) is 1. The minimum atomic E-state index is -0.133. The molecule has 180 valence electrons. The summed E-state index contributed by atoms with van der Waals surface area (Å²) in [6.07, 6.45) is 4.96. The van der Waals surface area contributed by atoms with Crippen molar-refractivity contribution in [2.24, 2.45) is 5.92 Å². The Hall–Kier alpha value is -2.67. The largest absolute Gasteiger partial charge is 0.341 e. The molecule has 33 heavy (non-hydrogen) atoms. The van der Waals surface area contributed by atoms with Gasteiger partial charge in [0.15, 0.2) is 0 Å². The lowest BCUT2D eigenvalue weighted by Crippen LogP contribution is -2.39. The van der Waals surface area contributed by atoms with E-state index in [9.17, 15) is 9.59 Å². The van der Waals surface area contributed by atoms with Gasteiger partial charge in [0.25, 0.3) is 5.56 Å². The number of rotatable bonds is 10. The second-order valence-corrected chi connectivity index (χ2v) is 9.13. The van der Waals surface area contributed by atoms with Gasteiger partial charge in [-0.1, -0.05) is 57.0 Å². The molecule has 0 spiro atoms. The topological polar surface area (TPSA) is 72.5 Å².